The van der Waals surface area contributed by atoms with Gasteiger partial charge in [0.05, 0.1) is 24.2 Å². The highest BCUT2D eigenvalue weighted by Gasteiger charge is 2.31. The van der Waals surface area contributed by atoms with Crippen LogP contribution in [0.5, 0.6) is 0 Å². The summed E-state index contributed by atoms with van der Waals surface area (Å²) in [6.45, 7) is 3.15. The normalized spacial score (nSPS) is 14.9. The van der Waals surface area contributed by atoms with Crippen molar-refractivity contribution >= 4 is 52.2 Å². The summed E-state index contributed by atoms with van der Waals surface area (Å²) in [5.41, 5.74) is 1.27. The SMILES string of the molecule is CCCCCOC(=O)CCCCCN1C(=O)/C(=C/c2ccc(C(=O)OC)cc2)SC1=S. The molecular weight excluding hydrogens is 434 g/mol. The van der Waals surface area contributed by atoms with Crippen LogP contribution in [0.1, 0.15) is 67.8 Å². The van der Waals surface area contributed by atoms with Crippen LogP contribution in [-0.2, 0) is 19.1 Å². The van der Waals surface area contributed by atoms with Crippen molar-refractivity contribution in [3.63, 3.8) is 0 Å². The smallest absolute Gasteiger partial charge is 0.337 e. The molecule has 0 spiro atoms. The van der Waals surface area contributed by atoms with Crippen LogP contribution in [0.15, 0.2) is 29.2 Å². The van der Waals surface area contributed by atoms with E-state index in [1.807, 2.05) is 0 Å². The molecule has 1 fully saturated rings. The van der Waals surface area contributed by atoms with Crippen LogP contribution < -0.4 is 0 Å². The number of thioether (sulfide) groups is 1. The molecule has 2 rings (SSSR count). The van der Waals surface area contributed by atoms with Gasteiger partial charge in [-0.15, -0.1) is 0 Å². The van der Waals surface area contributed by atoms with E-state index >= 15 is 0 Å². The number of carbonyl (C=O) groups excluding carboxylic acids is 3. The number of thiocarbonyl (C=S) groups is 1. The quantitative estimate of drug-likeness (QED) is 0.188. The van der Waals surface area contributed by atoms with Gasteiger partial charge in [0.1, 0.15) is 4.32 Å². The average Bonchev–Trinajstić information content (AvgIpc) is 3.03. The highest BCUT2D eigenvalue weighted by molar-refractivity contribution is 8.26. The summed E-state index contributed by atoms with van der Waals surface area (Å²) >= 11 is 6.64. The van der Waals surface area contributed by atoms with Crippen molar-refractivity contribution in [3.05, 3.63) is 40.3 Å². The Morgan fingerprint density at radius 1 is 1.10 bits per heavy atom. The van der Waals surface area contributed by atoms with Gasteiger partial charge in [0.15, 0.2) is 0 Å². The van der Waals surface area contributed by atoms with Gasteiger partial charge >= 0.3 is 11.9 Å². The highest BCUT2D eigenvalue weighted by atomic mass is 32.2. The largest absolute Gasteiger partial charge is 0.466 e. The van der Waals surface area contributed by atoms with Crippen LogP contribution in [-0.4, -0.2) is 47.3 Å². The maximum Gasteiger partial charge on any atom is 0.337 e. The van der Waals surface area contributed by atoms with E-state index in [0.717, 1.165) is 44.1 Å². The first kappa shape index (κ1) is 25.1. The molecule has 0 bridgehead atoms. The maximum atomic E-state index is 12.7. The number of benzene rings is 1. The molecule has 0 aliphatic carbocycles. The van der Waals surface area contributed by atoms with Crippen LogP contribution in [0.2, 0.25) is 0 Å². The fourth-order valence-electron chi connectivity index (χ4n) is 3.00. The number of nitrogens with zero attached hydrogens (tertiary/aromatic N) is 1. The van der Waals surface area contributed by atoms with Gasteiger partial charge in [-0.1, -0.05) is 62.3 Å². The number of unbranched alkanes of at least 4 members (excludes halogenated alkanes) is 4. The number of amides is 1. The Hall–Kier alpha value is -2.19. The van der Waals surface area contributed by atoms with Crippen molar-refractivity contribution in [3.8, 4) is 0 Å². The molecule has 31 heavy (non-hydrogen) atoms. The molecule has 6 nitrogen and oxygen atoms in total. The Morgan fingerprint density at radius 2 is 1.84 bits per heavy atom. The van der Waals surface area contributed by atoms with E-state index in [4.69, 9.17) is 17.0 Å². The molecule has 1 aromatic carbocycles. The molecule has 1 aromatic rings. The van der Waals surface area contributed by atoms with Crippen molar-refractivity contribution in [2.24, 2.45) is 0 Å². The minimum absolute atomic E-state index is 0.109. The van der Waals surface area contributed by atoms with Crippen LogP contribution in [0.4, 0.5) is 0 Å². The van der Waals surface area contributed by atoms with E-state index in [9.17, 15) is 14.4 Å². The van der Waals surface area contributed by atoms with Crippen molar-refractivity contribution in [2.45, 2.75) is 51.9 Å². The standard InChI is InChI=1S/C23H29NO5S2/c1-3-4-8-15-29-20(25)9-6-5-7-14-24-21(26)19(31-23(24)30)16-17-10-12-18(13-11-17)22(27)28-2/h10-13,16H,3-9,14-15H2,1-2H3/b19-16-. The second-order valence-electron chi connectivity index (χ2n) is 7.19. The van der Waals surface area contributed by atoms with E-state index in [1.165, 1.54) is 18.9 Å². The molecule has 0 radical (unpaired) electrons. The number of rotatable bonds is 12. The van der Waals surface area contributed by atoms with Crippen LogP contribution in [0, 0.1) is 0 Å². The van der Waals surface area contributed by atoms with Gasteiger partial charge < -0.3 is 9.47 Å². The number of ether oxygens (including phenoxy) is 2. The lowest BCUT2D eigenvalue weighted by atomic mass is 10.1. The van der Waals surface area contributed by atoms with Gasteiger partial charge in [0.25, 0.3) is 5.91 Å². The minimum atomic E-state index is -0.400. The first-order valence-electron chi connectivity index (χ1n) is 10.6. The topological polar surface area (TPSA) is 72.9 Å². The zero-order valence-corrected chi connectivity index (χ0v) is 19.7. The third-order valence-corrected chi connectivity index (χ3v) is 6.15. The summed E-state index contributed by atoms with van der Waals surface area (Å²) in [4.78, 5) is 38.1. The molecule has 1 saturated heterocycles. The van der Waals surface area contributed by atoms with E-state index in [1.54, 1.807) is 35.2 Å². The van der Waals surface area contributed by atoms with Gasteiger partial charge in [-0.2, -0.15) is 0 Å². The molecule has 0 aromatic heterocycles. The molecule has 8 heteroatoms. The molecule has 0 N–H and O–H groups in total. The molecule has 1 aliphatic rings. The third kappa shape index (κ3) is 8.10. The maximum absolute atomic E-state index is 12.7. The monoisotopic (exact) mass is 463 g/mol. The average molecular weight is 464 g/mol. The van der Waals surface area contributed by atoms with E-state index in [0.29, 0.717) is 34.4 Å². The summed E-state index contributed by atoms with van der Waals surface area (Å²) < 4.78 is 10.4. The van der Waals surface area contributed by atoms with Gasteiger partial charge in [-0.25, -0.2) is 4.79 Å². The molecule has 1 heterocycles. The Labute approximate surface area is 193 Å². The number of esters is 2. The molecule has 1 amide bonds. The Bertz CT molecular complexity index is 820. The predicted octanol–water partition coefficient (Wildman–Crippen LogP) is 4.97. The second-order valence-corrected chi connectivity index (χ2v) is 8.86. The van der Waals surface area contributed by atoms with Crippen molar-refractivity contribution in [1.29, 1.82) is 0 Å². The lowest BCUT2D eigenvalue weighted by molar-refractivity contribution is -0.144. The van der Waals surface area contributed by atoms with Crippen LogP contribution in [0.25, 0.3) is 6.08 Å². The summed E-state index contributed by atoms with van der Waals surface area (Å²) in [5, 5.41) is 0. The Kier molecular flexibility index (Phi) is 10.7. The first-order valence-corrected chi connectivity index (χ1v) is 11.8. The summed E-state index contributed by atoms with van der Waals surface area (Å²) in [6, 6.07) is 6.85. The van der Waals surface area contributed by atoms with Gasteiger partial charge in [-0.05, 0) is 43.0 Å². The van der Waals surface area contributed by atoms with Gasteiger partial charge in [-0.3, -0.25) is 14.5 Å². The first-order chi connectivity index (χ1) is 15.0. The molecule has 0 saturated carbocycles. The lowest BCUT2D eigenvalue weighted by Crippen LogP contribution is -2.29. The predicted molar refractivity (Wildman–Crippen MR) is 127 cm³/mol. The Balaban J connectivity index is 1.76. The molecule has 168 valence electrons. The molecule has 1 aliphatic heterocycles. The summed E-state index contributed by atoms with van der Waals surface area (Å²) in [6.07, 6.45) is 7.62. The van der Waals surface area contributed by atoms with Crippen LogP contribution >= 0.6 is 24.0 Å². The van der Waals surface area contributed by atoms with Crippen LogP contribution in [0.3, 0.4) is 0 Å². The Morgan fingerprint density at radius 3 is 2.52 bits per heavy atom. The van der Waals surface area contributed by atoms with Gasteiger partial charge in [0, 0.05) is 13.0 Å². The van der Waals surface area contributed by atoms with Crippen molar-refractivity contribution < 1.29 is 23.9 Å². The van der Waals surface area contributed by atoms with Crippen molar-refractivity contribution in [2.75, 3.05) is 20.3 Å². The van der Waals surface area contributed by atoms with E-state index in [-0.39, 0.29) is 11.9 Å². The van der Waals surface area contributed by atoms with E-state index in [2.05, 4.69) is 11.7 Å². The number of methoxy groups -OCH3 is 1. The van der Waals surface area contributed by atoms with Crippen molar-refractivity contribution in [1.82, 2.24) is 4.90 Å². The fourth-order valence-corrected chi connectivity index (χ4v) is 4.31. The summed E-state index contributed by atoms with van der Waals surface area (Å²) in [7, 11) is 1.34. The third-order valence-electron chi connectivity index (χ3n) is 4.78. The zero-order chi connectivity index (χ0) is 22.6. The number of hydrogen-bond acceptors (Lipinski definition) is 7. The molecule has 0 atom stereocenters. The lowest BCUT2D eigenvalue weighted by Gasteiger charge is -2.14. The number of hydrogen-bond donors (Lipinski definition) is 0. The molecular formula is C23H29NO5S2. The highest BCUT2D eigenvalue weighted by Crippen LogP contribution is 2.32. The summed E-state index contributed by atoms with van der Waals surface area (Å²) in [5.74, 6) is -0.659. The zero-order valence-electron chi connectivity index (χ0n) is 18.1. The van der Waals surface area contributed by atoms with E-state index < -0.39 is 5.97 Å². The minimum Gasteiger partial charge on any atom is -0.466 e. The molecule has 0 unspecified atom stereocenters. The van der Waals surface area contributed by atoms with Gasteiger partial charge in [0.2, 0.25) is 0 Å². The second kappa shape index (κ2) is 13.3. The fraction of sp³-hybridized carbons (Fsp3) is 0.478. The number of carbonyl (C=O) groups is 3.